The van der Waals surface area contributed by atoms with Gasteiger partial charge in [0.1, 0.15) is 5.75 Å². The number of carbonyl (C=O) groups excluding carboxylic acids is 1. The van der Waals surface area contributed by atoms with Crippen molar-refractivity contribution < 1.29 is 9.53 Å². The first-order valence-electron chi connectivity index (χ1n) is 8.08. The first kappa shape index (κ1) is 15.5. The van der Waals surface area contributed by atoms with Gasteiger partial charge in [0.25, 0.3) is 0 Å². The zero-order valence-electron chi connectivity index (χ0n) is 13.4. The molecule has 120 valence electrons. The van der Waals surface area contributed by atoms with Gasteiger partial charge in [-0.15, -0.1) is 0 Å². The molecule has 1 aliphatic rings. The van der Waals surface area contributed by atoms with E-state index < -0.39 is 0 Å². The molecule has 4 heteroatoms. The van der Waals surface area contributed by atoms with Gasteiger partial charge in [0.15, 0.2) is 0 Å². The normalized spacial score (nSPS) is 16.8. The number of fused-ring (bicyclic) bond motifs is 1. The molecule has 1 amide bonds. The Morgan fingerprint density at radius 2 is 2.04 bits per heavy atom. The van der Waals surface area contributed by atoms with E-state index in [-0.39, 0.29) is 11.8 Å². The molecule has 2 aromatic rings. The number of amides is 1. The van der Waals surface area contributed by atoms with E-state index in [0.717, 1.165) is 37.1 Å². The number of likely N-dealkylation sites (N-methyl/N-ethyl adjacent to an activating group) is 1. The van der Waals surface area contributed by atoms with E-state index in [2.05, 4.69) is 11.1 Å². The fourth-order valence-corrected chi connectivity index (χ4v) is 2.97. The summed E-state index contributed by atoms with van der Waals surface area (Å²) in [5.41, 5.74) is 2.33. The van der Waals surface area contributed by atoms with Crippen LogP contribution in [0.5, 0.6) is 5.75 Å². The van der Waals surface area contributed by atoms with Crippen LogP contribution in [0, 0.1) is 5.92 Å². The molecule has 0 fully saturated rings. The highest BCUT2D eigenvalue weighted by atomic mass is 16.5. The van der Waals surface area contributed by atoms with Gasteiger partial charge in [0.05, 0.1) is 6.61 Å². The number of aromatic nitrogens is 1. The third-order valence-electron chi connectivity index (χ3n) is 4.37. The number of pyridine rings is 1. The molecule has 1 aromatic carbocycles. The zero-order valence-corrected chi connectivity index (χ0v) is 13.4. The molecule has 0 saturated carbocycles. The molecule has 0 radical (unpaired) electrons. The number of hydrogen-bond acceptors (Lipinski definition) is 3. The first-order valence-corrected chi connectivity index (χ1v) is 8.08. The van der Waals surface area contributed by atoms with Crippen LogP contribution in [0.25, 0.3) is 0 Å². The molecule has 23 heavy (non-hydrogen) atoms. The maximum absolute atomic E-state index is 12.7. The lowest BCUT2D eigenvalue weighted by atomic mass is 9.95. The highest BCUT2D eigenvalue weighted by Crippen LogP contribution is 2.27. The highest BCUT2D eigenvalue weighted by molar-refractivity contribution is 5.79. The minimum absolute atomic E-state index is 0.00101. The predicted molar refractivity (Wildman–Crippen MR) is 89.3 cm³/mol. The second kappa shape index (κ2) is 7.27. The standard InChI is InChI=1S/C19H22N2O2/c1-21(12-8-15-6-10-20-11-7-15)19(22)17-9-13-23-18-5-3-2-4-16(18)14-17/h2-7,10-11,17H,8-9,12-14H2,1H3/t17-/m0/s1. The van der Waals surface area contributed by atoms with E-state index in [4.69, 9.17) is 4.74 Å². The number of rotatable bonds is 4. The number of nitrogens with zero attached hydrogens (tertiary/aromatic N) is 2. The zero-order chi connectivity index (χ0) is 16.1. The summed E-state index contributed by atoms with van der Waals surface area (Å²) in [5.74, 6) is 1.13. The van der Waals surface area contributed by atoms with Crippen molar-refractivity contribution in [3.8, 4) is 5.75 Å². The Hall–Kier alpha value is -2.36. The molecule has 0 bridgehead atoms. The van der Waals surface area contributed by atoms with Gasteiger partial charge < -0.3 is 9.64 Å². The van der Waals surface area contributed by atoms with Gasteiger partial charge in [-0.3, -0.25) is 9.78 Å². The molecule has 2 heterocycles. The lowest BCUT2D eigenvalue weighted by molar-refractivity contribution is -0.134. The van der Waals surface area contributed by atoms with Gasteiger partial charge in [0.2, 0.25) is 5.91 Å². The molecule has 1 aliphatic heterocycles. The smallest absolute Gasteiger partial charge is 0.225 e. The Labute approximate surface area is 137 Å². The number of para-hydroxylation sites is 1. The van der Waals surface area contributed by atoms with Crippen molar-refractivity contribution in [3.05, 3.63) is 59.9 Å². The molecular formula is C19H22N2O2. The molecule has 0 spiro atoms. The van der Waals surface area contributed by atoms with Crippen molar-refractivity contribution in [2.24, 2.45) is 5.92 Å². The average molecular weight is 310 g/mol. The van der Waals surface area contributed by atoms with Crippen LogP contribution in [0.4, 0.5) is 0 Å². The number of ether oxygens (including phenoxy) is 1. The summed E-state index contributed by atoms with van der Waals surface area (Å²) in [6.45, 7) is 1.33. The summed E-state index contributed by atoms with van der Waals surface area (Å²) in [7, 11) is 1.89. The van der Waals surface area contributed by atoms with Gasteiger partial charge in [-0.05, 0) is 48.6 Å². The maximum Gasteiger partial charge on any atom is 0.225 e. The summed E-state index contributed by atoms with van der Waals surface area (Å²) in [5, 5.41) is 0. The summed E-state index contributed by atoms with van der Waals surface area (Å²) in [6, 6.07) is 12.0. The second-order valence-corrected chi connectivity index (χ2v) is 6.01. The number of hydrogen-bond donors (Lipinski definition) is 0. The van der Waals surface area contributed by atoms with Crippen molar-refractivity contribution in [2.75, 3.05) is 20.2 Å². The van der Waals surface area contributed by atoms with E-state index in [1.165, 1.54) is 5.56 Å². The molecule has 1 atom stereocenters. The topological polar surface area (TPSA) is 42.4 Å². The first-order chi connectivity index (χ1) is 11.2. The molecule has 3 rings (SSSR count). The van der Waals surface area contributed by atoms with Gasteiger partial charge in [-0.25, -0.2) is 0 Å². The maximum atomic E-state index is 12.7. The van der Waals surface area contributed by atoms with Gasteiger partial charge in [0, 0.05) is 31.9 Å². The Balaban J connectivity index is 1.61. The van der Waals surface area contributed by atoms with Gasteiger partial charge >= 0.3 is 0 Å². The van der Waals surface area contributed by atoms with E-state index in [1.54, 1.807) is 12.4 Å². The minimum Gasteiger partial charge on any atom is -0.493 e. The van der Waals surface area contributed by atoms with Crippen LogP contribution in [-0.4, -0.2) is 36.0 Å². The van der Waals surface area contributed by atoms with Crippen LogP contribution in [0.15, 0.2) is 48.8 Å². The van der Waals surface area contributed by atoms with Crippen LogP contribution in [0.2, 0.25) is 0 Å². The van der Waals surface area contributed by atoms with E-state index in [9.17, 15) is 4.79 Å². The average Bonchev–Trinajstić information content (AvgIpc) is 2.82. The van der Waals surface area contributed by atoms with E-state index in [1.807, 2.05) is 42.3 Å². The second-order valence-electron chi connectivity index (χ2n) is 6.01. The minimum atomic E-state index is 0.00101. The molecule has 0 unspecified atom stereocenters. The molecule has 1 aromatic heterocycles. The Bertz CT molecular complexity index is 657. The fraction of sp³-hybridized carbons (Fsp3) is 0.368. The largest absolute Gasteiger partial charge is 0.493 e. The monoisotopic (exact) mass is 310 g/mol. The van der Waals surface area contributed by atoms with Crippen molar-refractivity contribution in [1.29, 1.82) is 0 Å². The van der Waals surface area contributed by atoms with E-state index >= 15 is 0 Å². The van der Waals surface area contributed by atoms with Crippen LogP contribution in [0.1, 0.15) is 17.5 Å². The molecule has 0 N–H and O–H groups in total. The summed E-state index contributed by atoms with van der Waals surface area (Å²) >= 11 is 0. The van der Waals surface area contributed by atoms with Crippen molar-refractivity contribution in [1.82, 2.24) is 9.88 Å². The lowest BCUT2D eigenvalue weighted by Gasteiger charge is -2.22. The Morgan fingerprint density at radius 1 is 1.26 bits per heavy atom. The summed E-state index contributed by atoms with van der Waals surface area (Å²) in [6.07, 6.45) is 5.96. The molecular weight excluding hydrogens is 288 g/mol. The quantitative estimate of drug-likeness (QED) is 0.872. The highest BCUT2D eigenvalue weighted by Gasteiger charge is 2.25. The van der Waals surface area contributed by atoms with Crippen molar-refractivity contribution in [2.45, 2.75) is 19.3 Å². The fourth-order valence-electron chi connectivity index (χ4n) is 2.97. The van der Waals surface area contributed by atoms with Crippen molar-refractivity contribution in [3.63, 3.8) is 0 Å². The molecule has 4 nitrogen and oxygen atoms in total. The Morgan fingerprint density at radius 3 is 2.87 bits per heavy atom. The SMILES string of the molecule is CN(CCc1ccncc1)C(=O)[C@H]1CCOc2ccccc2C1. The van der Waals surface area contributed by atoms with Crippen LogP contribution < -0.4 is 4.74 Å². The van der Waals surface area contributed by atoms with Gasteiger partial charge in [-0.1, -0.05) is 18.2 Å². The lowest BCUT2D eigenvalue weighted by Crippen LogP contribution is -2.35. The third kappa shape index (κ3) is 3.89. The summed E-state index contributed by atoms with van der Waals surface area (Å²) in [4.78, 5) is 18.6. The third-order valence-corrected chi connectivity index (χ3v) is 4.37. The molecule has 0 saturated heterocycles. The van der Waals surface area contributed by atoms with Crippen LogP contribution >= 0.6 is 0 Å². The predicted octanol–water partition coefficient (Wildman–Crippen LogP) is 2.72. The van der Waals surface area contributed by atoms with Crippen LogP contribution in [-0.2, 0) is 17.6 Å². The van der Waals surface area contributed by atoms with E-state index in [0.29, 0.717) is 6.61 Å². The van der Waals surface area contributed by atoms with Crippen LogP contribution in [0.3, 0.4) is 0 Å². The van der Waals surface area contributed by atoms with Crippen molar-refractivity contribution >= 4 is 5.91 Å². The van der Waals surface area contributed by atoms with Gasteiger partial charge in [-0.2, -0.15) is 0 Å². The Kier molecular flexibility index (Phi) is 4.91. The number of carbonyl (C=O) groups is 1. The summed E-state index contributed by atoms with van der Waals surface area (Å²) < 4.78 is 5.76. The number of benzene rings is 1. The molecule has 0 aliphatic carbocycles.